The van der Waals surface area contributed by atoms with Crippen molar-refractivity contribution in [2.75, 3.05) is 0 Å². The number of hydrogen-bond donors (Lipinski definition) is 1. The summed E-state index contributed by atoms with van der Waals surface area (Å²) < 4.78 is 16.6. The van der Waals surface area contributed by atoms with Gasteiger partial charge in [0.05, 0.1) is 5.39 Å². The van der Waals surface area contributed by atoms with Crippen molar-refractivity contribution >= 4 is 45.4 Å². The summed E-state index contributed by atoms with van der Waals surface area (Å²) in [4.78, 5) is 38.5. The number of carbonyl (C=O) groups excluding carboxylic acids is 2. The third kappa shape index (κ3) is 5.94. The van der Waals surface area contributed by atoms with Crippen LogP contribution in [0, 0.1) is 6.92 Å². The number of amides is 1. The van der Waals surface area contributed by atoms with E-state index >= 15 is 0 Å². The number of rotatable bonds is 7. The zero-order valence-electron chi connectivity index (χ0n) is 21.0. The van der Waals surface area contributed by atoms with Crippen LogP contribution in [-0.2, 0) is 22.6 Å². The molecule has 0 fully saturated rings. The molecule has 0 aliphatic rings. The third-order valence-corrected chi connectivity index (χ3v) is 6.59. The number of ether oxygens (including phenoxy) is 2. The molecule has 39 heavy (non-hydrogen) atoms. The summed E-state index contributed by atoms with van der Waals surface area (Å²) in [6, 6.07) is 25.6. The lowest BCUT2D eigenvalue weighted by Crippen LogP contribution is -2.44. The molecule has 5 rings (SSSR count). The van der Waals surface area contributed by atoms with E-state index in [1.54, 1.807) is 55.5 Å². The van der Waals surface area contributed by atoms with Gasteiger partial charge in [-0.25, -0.2) is 14.4 Å². The van der Waals surface area contributed by atoms with Crippen LogP contribution in [0.2, 0.25) is 5.02 Å². The lowest BCUT2D eigenvalue weighted by molar-refractivity contribution is -0.136. The molecule has 1 aromatic heterocycles. The molecule has 0 saturated carbocycles. The van der Waals surface area contributed by atoms with Crippen LogP contribution in [0.1, 0.15) is 16.7 Å². The second kappa shape index (κ2) is 11.4. The highest BCUT2D eigenvalue weighted by molar-refractivity contribution is 6.30. The molecule has 7 nitrogen and oxygen atoms in total. The Morgan fingerprint density at radius 3 is 2.28 bits per heavy atom. The largest absolute Gasteiger partial charge is 0.445 e. The van der Waals surface area contributed by atoms with Crippen LogP contribution in [0.15, 0.2) is 100 Å². The quantitative estimate of drug-likeness (QED) is 0.112. The second-order valence-corrected chi connectivity index (χ2v) is 9.45. The number of halogens is 1. The molecule has 0 aliphatic carbocycles. The maximum absolute atomic E-state index is 13.4. The number of aryl methyl sites for hydroxylation is 1. The fraction of sp³-hybridized carbons (Fsp3) is 0.129. The van der Waals surface area contributed by atoms with Crippen molar-refractivity contribution in [3.63, 3.8) is 0 Å². The lowest BCUT2D eigenvalue weighted by Gasteiger charge is -2.19. The minimum Gasteiger partial charge on any atom is -0.445 e. The van der Waals surface area contributed by atoms with Gasteiger partial charge in [0, 0.05) is 22.4 Å². The molecular formula is C31H24ClNO6. The van der Waals surface area contributed by atoms with E-state index in [0.717, 1.165) is 21.9 Å². The molecule has 4 aromatic carbocycles. The van der Waals surface area contributed by atoms with E-state index in [0.29, 0.717) is 21.6 Å². The van der Waals surface area contributed by atoms with E-state index in [2.05, 4.69) is 5.32 Å². The lowest BCUT2D eigenvalue weighted by atomic mass is 10.0. The highest BCUT2D eigenvalue weighted by Crippen LogP contribution is 2.31. The number of carbonyl (C=O) groups is 2. The van der Waals surface area contributed by atoms with Gasteiger partial charge in [-0.2, -0.15) is 0 Å². The van der Waals surface area contributed by atoms with Crippen LogP contribution in [0.3, 0.4) is 0 Å². The molecule has 1 heterocycles. The van der Waals surface area contributed by atoms with E-state index < -0.39 is 23.7 Å². The van der Waals surface area contributed by atoms with Crippen LogP contribution in [-0.4, -0.2) is 18.1 Å². The van der Waals surface area contributed by atoms with Crippen LogP contribution in [0.25, 0.3) is 21.7 Å². The van der Waals surface area contributed by atoms with Gasteiger partial charge >= 0.3 is 17.7 Å². The average molecular weight is 542 g/mol. The van der Waals surface area contributed by atoms with Gasteiger partial charge in [0.25, 0.3) is 0 Å². The minimum atomic E-state index is -1.06. The molecule has 196 valence electrons. The van der Waals surface area contributed by atoms with Gasteiger partial charge in [-0.1, -0.05) is 72.3 Å². The summed E-state index contributed by atoms with van der Waals surface area (Å²) in [7, 11) is 0. The van der Waals surface area contributed by atoms with E-state index in [9.17, 15) is 14.4 Å². The van der Waals surface area contributed by atoms with E-state index in [4.69, 9.17) is 25.5 Å². The number of alkyl carbamates (subject to hydrolysis) is 1. The van der Waals surface area contributed by atoms with Gasteiger partial charge < -0.3 is 19.2 Å². The SMILES string of the molecule is Cc1c(OC(=O)C(Cc2ccc(Cl)cc2)NC(=O)OCc2ccccc2)ccc2c1oc(=O)c1ccccc12. The van der Waals surface area contributed by atoms with Crippen molar-refractivity contribution in [1.82, 2.24) is 5.32 Å². The molecule has 1 N–H and O–H groups in total. The molecule has 1 amide bonds. The van der Waals surface area contributed by atoms with Gasteiger partial charge in [-0.05, 0) is 53.8 Å². The first kappa shape index (κ1) is 26.0. The molecule has 0 aliphatic heterocycles. The standard InChI is InChI=1S/C31H24ClNO6/c1-19-27(16-15-24-23-9-5-6-10-25(23)29(34)39-28(19)24)38-30(35)26(17-20-11-13-22(32)14-12-20)33-31(36)37-18-21-7-3-2-4-8-21/h2-16,26H,17-18H2,1H3,(H,33,36). The summed E-state index contributed by atoms with van der Waals surface area (Å²) in [6.45, 7) is 1.75. The Hall–Kier alpha value is -4.62. The highest BCUT2D eigenvalue weighted by atomic mass is 35.5. The number of fused-ring (bicyclic) bond motifs is 3. The fourth-order valence-electron chi connectivity index (χ4n) is 4.31. The van der Waals surface area contributed by atoms with Gasteiger partial charge in [0.15, 0.2) is 0 Å². The van der Waals surface area contributed by atoms with Crippen molar-refractivity contribution in [3.05, 3.63) is 123 Å². The van der Waals surface area contributed by atoms with Gasteiger partial charge in [0.1, 0.15) is 24.0 Å². The maximum atomic E-state index is 13.4. The molecule has 1 atom stereocenters. The second-order valence-electron chi connectivity index (χ2n) is 9.01. The van der Waals surface area contributed by atoms with E-state index in [1.165, 1.54) is 0 Å². The number of nitrogens with one attached hydrogen (secondary N) is 1. The Balaban J connectivity index is 1.39. The van der Waals surface area contributed by atoms with Crippen LogP contribution >= 0.6 is 11.6 Å². The van der Waals surface area contributed by atoms with Crippen LogP contribution < -0.4 is 15.7 Å². The molecule has 8 heteroatoms. The van der Waals surface area contributed by atoms with Crippen molar-refractivity contribution in [2.45, 2.75) is 26.0 Å². The van der Waals surface area contributed by atoms with Crippen molar-refractivity contribution < 1.29 is 23.5 Å². The summed E-state index contributed by atoms with van der Waals surface area (Å²) in [5.74, 6) is -0.487. The topological polar surface area (TPSA) is 94.8 Å². The number of benzene rings is 4. The van der Waals surface area contributed by atoms with E-state index in [-0.39, 0.29) is 18.8 Å². The molecule has 0 spiro atoms. The smallest absolute Gasteiger partial charge is 0.408 e. The minimum absolute atomic E-state index is 0.0478. The van der Waals surface area contributed by atoms with Crippen molar-refractivity contribution in [1.29, 1.82) is 0 Å². The van der Waals surface area contributed by atoms with Gasteiger partial charge in [-0.15, -0.1) is 0 Å². The van der Waals surface area contributed by atoms with Gasteiger partial charge in [0.2, 0.25) is 0 Å². The molecule has 5 aromatic rings. The normalized spacial score (nSPS) is 11.7. The molecular weight excluding hydrogens is 518 g/mol. The predicted molar refractivity (Wildman–Crippen MR) is 149 cm³/mol. The Morgan fingerprint density at radius 2 is 1.54 bits per heavy atom. The molecule has 0 radical (unpaired) electrons. The van der Waals surface area contributed by atoms with Crippen LogP contribution in [0.4, 0.5) is 4.79 Å². The summed E-state index contributed by atoms with van der Waals surface area (Å²) in [5.41, 5.74) is 1.91. The maximum Gasteiger partial charge on any atom is 0.408 e. The first-order valence-electron chi connectivity index (χ1n) is 12.3. The molecule has 1 unspecified atom stereocenters. The van der Waals surface area contributed by atoms with Crippen LogP contribution in [0.5, 0.6) is 5.75 Å². The van der Waals surface area contributed by atoms with Crippen molar-refractivity contribution in [2.24, 2.45) is 0 Å². The highest BCUT2D eigenvalue weighted by Gasteiger charge is 2.25. The Labute approximate surface area is 228 Å². The fourth-order valence-corrected chi connectivity index (χ4v) is 4.43. The zero-order valence-corrected chi connectivity index (χ0v) is 21.7. The summed E-state index contributed by atoms with van der Waals surface area (Å²) >= 11 is 6.00. The Morgan fingerprint density at radius 1 is 0.846 bits per heavy atom. The molecule has 0 saturated heterocycles. The first-order chi connectivity index (χ1) is 18.9. The Kier molecular flexibility index (Phi) is 7.61. The summed E-state index contributed by atoms with van der Waals surface area (Å²) in [5, 5.41) is 5.10. The average Bonchev–Trinajstić information content (AvgIpc) is 2.95. The number of esters is 1. The zero-order chi connectivity index (χ0) is 27.4. The Bertz CT molecular complexity index is 1710. The third-order valence-electron chi connectivity index (χ3n) is 6.34. The predicted octanol–water partition coefficient (Wildman–Crippen LogP) is 6.35. The van der Waals surface area contributed by atoms with Gasteiger partial charge in [-0.3, -0.25) is 0 Å². The number of hydrogen-bond acceptors (Lipinski definition) is 6. The van der Waals surface area contributed by atoms with E-state index in [1.807, 2.05) is 42.5 Å². The summed E-state index contributed by atoms with van der Waals surface area (Å²) in [6.07, 6.45) is -0.620. The monoisotopic (exact) mass is 541 g/mol. The first-order valence-corrected chi connectivity index (χ1v) is 12.7. The van der Waals surface area contributed by atoms with Crippen molar-refractivity contribution in [3.8, 4) is 5.75 Å². The molecule has 0 bridgehead atoms.